The van der Waals surface area contributed by atoms with Gasteiger partial charge in [0.2, 0.25) is 5.91 Å². The van der Waals surface area contributed by atoms with Gasteiger partial charge in [0.15, 0.2) is 0 Å². The van der Waals surface area contributed by atoms with Crippen molar-refractivity contribution >= 4 is 5.91 Å². The van der Waals surface area contributed by atoms with Crippen LogP contribution in [0.1, 0.15) is 36.6 Å². The summed E-state index contributed by atoms with van der Waals surface area (Å²) in [4.78, 5) is 14.7. The van der Waals surface area contributed by atoms with E-state index in [4.69, 9.17) is 4.74 Å². The minimum absolute atomic E-state index is 0.0200. The van der Waals surface area contributed by atoms with Crippen LogP contribution < -0.4 is 4.74 Å². The van der Waals surface area contributed by atoms with Crippen molar-refractivity contribution in [2.45, 2.75) is 33.2 Å². The molecule has 0 bridgehead atoms. The van der Waals surface area contributed by atoms with E-state index in [0.717, 1.165) is 22.4 Å². The number of likely N-dealkylation sites (N-methyl/N-ethyl adjacent to an activating group) is 1. The molecule has 1 atom stereocenters. The third-order valence-corrected chi connectivity index (χ3v) is 4.31. The molecule has 3 heteroatoms. The molecule has 0 radical (unpaired) electrons. The summed E-state index contributed by atoms with van der Waals surface area (Å²) in [6, 6.07) is 16.0. The molecule has 2 aromatic carbocycles. The number of rotatable bonds is 6. The number of ether oxygens (including phenoxy) is 1. The van der Waals surface area contributed by atoms with Crippen LogP contribution in [0.15, 0.2) is 48.5 Å². The highest BCUT2D eigenvalue weighted by molar-refractivity contribution is 5.79. The zero-order valence-corrected chi connectivity index (χ0v) is 14.4. The summed E-state index contributed by atoms with van der Waals surface area (Å²) in [6.45, 7) is 6.81. The average molecular weight is 311 g/mol. The van der Waals surface area contributed by atoms with E-state index in [1.807, 2.05) is 67.3 Å². The summed E-state index contributed by atoms with van der Waals surface area (Å²) < 4.78 is 5.29. The Kier molecular flexibility index (Phi) is 5.80. The number of methoxy groups -OCH3 is 1. The van der Waals surface area contributed by atoms with Gasteiger partial charge in [0, 0.05) is 6.54 Å². The van der Waals surface area contributed by atoms with Crippen molar-refractivity contribution in [3.8, 4) is 5.75 Å². The SMILES string of the molecule is CCN(C(=O)Cc1ccccc1C)C(C)c1cccc(OC)c1. The minimum Gasteiger partial charge on any atom is -0.497 e. The van der Waals surface area contributed by atoms with Crippen LogP contribution in [0.5, 0.6) is 5.75 Å². The molecule has 0 saturated heterocycles. The van der Waals surface area contributed by atoms with E-state index < -0.39 is 0 Å². The fraction of sp³-hybridized carbons (Fsp3) is 0.350. The van der Waals surface area contributed by atoms with Crippen LogP contribution in [0.25, 0.3) is 0 Å². The fourth-order valence-electron chi connectivity index (χ4n) is 2.82. The van der Waals surface area contributed by atoms with E-state index in [0.29, 0.717) is 13.0 Å². The van der Waals surface area contributed by atoms with E-state index in [9.17, 15) is 4.79 Å². The van der Waals surface area contributed by atoms with Crippen molar-refractivity contribution < 1.29 is 9.53 Å². The Bertz CT molecular complexity index is 666. The highest BCUT2D eigenvalue weighted by Gasteiger charge is 2.20. The number of hydrogen-bond acceptors (Lipinski definition) is 2. The number of carbonyl (C=O) groups excluding carboxylic acids is 1. The number of aryl methyl sites for hydroxylation is 1. The summed E-state index contributed by atoms with van der Waals surface area (Å²) in [5.74, 6) is 0.967. The zero-order valence-electron chi connectivity index (χ0n) is 14.4. The van der Waals surface area contributed by atoms with Crippen molar-refractivity contribution in [3.63, 3.8) is 0 Å². The molecule has 122 valence electrons. The number of benzene rings is 2. The molecule has 0 spiro atoms. The van der Waals surface area contributed by atoms with Crippen LogP contribution in [0.3, 0.4) is 0 Å². The number of hydrogen-bond donors (Lipinski definition) is 0. The van der Waals surface area contributed by atoms with Gasteiger partial charge in [0.05, 0.1) is 19.6 Å². The van der Waals surface area contributed by atoms with Gasteiger partial charge in [-0.15, -0.1) is 0 Å². The first-order valence-corrected chi connectivity index (χ1v) is 8.04. The predicted molar refractivity (Wildman–Crippen MR) is 93.7 cm³/mol. The van der Waals surface area contributed by atoms with Gasteiger partial charge in [-0.2, -0.15) is 0 Å². The lowest BCUT2D eigenvalue weighted by Crippen LogP contribution is -2.34. The summed E-state index contributed by atoms with van der Waals surface area (Å²) in [5, 5.41) is 0. The normalized spacial score (nSPS) is 11.8. The van der Waals surface area contributed by atoms with Gasteiger partial charge < -0.3 is 9.64 Å². The van der Waals surface area contributed by atoms with Crippen LogP contribution >= 0.6 is 0 Å². The second-order valence-electron chi connectivity index (χ2n) is 5.74. The second-order valence-corrected chi connectivity index (χ2v) is 5.74. The molecule has 1 unspecified atom stereocenters. The van der Waals surface area contributed by atoms with Gasteiger partial charge in [0.1, 0.15) is 5.75 Å². The van der Waals surface area contributed by atoms with Gasteiger partial charge in [-0.1, -0.05) is 36.4 Å². The van der Waals surface area contributed by atoms with Gasteiger partial charge in [-0.05, 0) is 49.6 Å². The van der Waals surface area contributed by atoms with E-state index in [1.165, 1.54) is 0 Å². The van der Waals surface area contributed by atoms with Crippen molar-refractivity contribution in [2.24, 2.45) is 0 Å². The summed E-state index contributed by atoms with van der Waals surface area (Å²) in [6.07, 6.45) is 0.439. The lowest BCUT2D eigenvalue weighted by Gasteiger charge is -2.29. The number of nitrogens with zero attached hydrogens (tertiary/aromatic N) is 1. The smallest absolute Gasteiger partial charge is 0.227 e. The summed E-state index contributed by atoms with van der Waals surface area (Å²) >= 11 is 0. The monoisotopic (exact) mass is 311 g/mol. The third kappa shape index (κ3) is 4.13. The maximum absolute atomic E-state index is 12.8. The van der Waals surface area contributed by atoms with Crippen molar-refractivity contribution in [1.82, 2.24) is 4.90 Å². The molecule has 0 fully saturated rings. The van der Waals surface area contributed by atoms with Crippen molar-refractivity contribution in [2.75, 3.05) is 13.7 Å². The highest BCUT2D eigenvalue weighted by atomic mass is 16.5. The largest absolute Gasteiger partial charge is 0.497 e. The molecule has 0 aliphatic carbocycles. The number of carbonyl (C=O) groups is 1. The van der Waals surface area contributed by atoms with E-state index >= 15 is 0 Å². The molecule has 2 aromatic rings. The molecule has 2 rings (SSSR count). The molecule has 1 amide bonds. The van der Waals surface area contributed by atoms with Gasteiger partial charge in [-0.3, -0.25) is 4.79 Å². The van der Waals surface area contributed by atoms with Gasteiger partial charge in [0.25, 0.3) is 0 Å². The molecular weight excluding hydrogens is 286 g/mol. The van der Waals surface area contributed by atoms with Crippen LogP contribution in [0.4, 0.5) is 0 Å². The molecule has 0 aromatic heterocycles. The van der Waals surface area contributed by atoms with Crippen LogP contribution in [0.2, 0.25) is 0 Å². The topological polar surface area (TPSA) is 29.5 Å². The lowest BCUT2D eigenvalue weighted by atomic mass is 10.0. The van der Waals surface area contributed by atoms with E-state index in [1.54, 1.807) is 7.11 Å². The Labute approximate surface area is 138 Å². The fourth-order valence-corrected chi connectivity index (χ4v) is 2.82. The van der Waals surface area contributed by atoms with Gasteiger partial charge >= 0.3 is 0 Å². The summed E-state index contributed by atoms with van der Waals surface area (Å²) in [7, 11) is 1.66. The van der Waals surface area contributed by atoms with E-state index in [2.05, 4.69) is 6.92 Å². The highest BCUT2D eigenvalue weighted by Crippen LogP contribution is 2.24. The molecular formula is C20H25NO2. The first-order valence-electron chi connectivity index (χ1n) is 8.04. The third-order valence-electron chi connectivity index (χ3n) is 4.31. The van der Waals surface area contributed by atoms with Crippen LogP contribution in [0, 0.1) is 6.92 Å². The molecule has 3 nitrogen and oxygen atoms in total. The Morgan fingerprint density at radius 2 is 1.91 bits per heavy atom. The molecule has 0 N–H and O–H groups in total. The standard InChI is InChI=1S/C20H25NO2/c1-5-21(16(3)18-11-8-12-19(13-18)23-4)20(22)14-17-10-7-6-9-15(17)2/h6-13,16H,5,14H2,1-4H3. The Hall–Kier alpha value is -2.29. The first kappa shape index (κ1) is 17.1. The Balaban J connectivity index is 2.17. The van der Waals surface area contributed by atoms with Gasteiger partial charge in [-0.25, -0.2) is 0 Å². The molecule has 0 heterocycles. The van der Waals surface area contributed by atoms with Crippen LogP contribution in [-0.2, 0) is 11.2 Å². The maximum atomic E-state index is 12.8. The predicted octanol–water partition coefficient (Wildman–Crippen LogP) is 4.16. The minimum atomic E-state index is 0.0200. The molecule has 23 heavy (non-hydrogen) atoms. The first-order chi connectivity index (χ1) is 11.1. The Morgan fingerprint density at radius 3 is 2.57 bits per heavy atom. The summed E-state index contributed by atoms with van der Waals surface area (Å²) in [5.41, 5.74) is 3.34. The Morgan fingerprint density at radius 1 is 1.17 bits per heavy atom. The zero-order chi connectivity index (χ0) is 16.8. The number of amides is 1. The van der Waals surface area contributed by atoms with Crippen molar-refractivity contribution in [3.05, 3.63) is 65.2 Å². The molecule has 0 aliphatic rings. The quantitative estimate of drug-likeness (QED) is 0.802. The van der Waals surface area contributed by atoms with Crippen molar-refractivity contribution in [1.29, 1.82) is 0 Å². The average Bonchev–Trinajstić information content (AvgIpc) is 2.57. The molecule has 0 saturated carbocycles. The maximum Gasteiger partial charge on any atom is 0.227 e. The second kappa shape index (κ2) is 7.82. The molecule has 0 aliphatic heterocycles. The van der Waals surface area contributed by atoms with Crippen LogP contribution in [-0.4, -0.2) is 24.5 Å². The van der Waals surface area contributed by atoms with E-state index in [-0.39, 0.29) is 11.9 Å². The lowest BCUT2D eigenvalue weighted by molar-refractivity contribution is -0.132.